The second-order valence-electron chi connectivity index (χ2n) is 9.52. The van der Waals surface area contributed by atoms with E-state index < -0.39 is 0 Å². The number of rotatable bonds is 6. The Morgan fingerprint density at radius 3 is 2.55 bits per heavy atom. The Labute approximate surface area is 198 Å². The number of carbonyl (C=O) groups is 1. The normalized spacial score (nSPS) is 20.8. The Bertz CT molecular complexity index is 1100. The van der Waals surface area contributed by atoms with E-state index in [1.807, 2.05) is 12.2 Å². The number of ketones is 1. The van der Waals surface area contributed by atoms with Crippen molar-refractivity contribution in [3.8, 4) is 0 Å². The summed E-state index contributed by atoms with van der Waals surface area (Å²) in [6.45, 7) is 18.4. The maximum absolute atomic E-state index is 13.8. The van der Waals surface area contributed by atoms with Crippen LogP contribution in [0.15, 0.2) is 64.9 Å². The molecule has 5 nitrogen and oxygen atoms in total. The Morgan fingerprint density at radius 2 is 1.94 bits per heavy atom. The van der Waals surface area contributed by atoms with Crippen LogP contribution in [0.3, 0.4) is 0 Å². The van der Waals surface area contributed by atoms with Gasteiger partial charge >= 0.3 is 0 Å². The van der Waals surface area contributed by atoms with Crippen molar-refractivity contribution in [3.63, 3.8) is 0 Å². The number of piperazine rings is 1. The fourth-order valence-corrected chi connectivity index (χ4v) is 5.25. The lowest BCUT2D eigenvalue weighted by molar-refractivity contribution is 0.103. The summed E-state index contributed by atoms with van der Waals surface area (Å²) >= 11 is 0. The van der Waals surface area contributed by atoms with E-state index in [1.54, 1.807) is 6.08 Å². The van der Waals surface area contributed by atoms with Crippen molar-refractivity contribution >= 4 is 17.2 Å². The van der Waals surface area contributed by atoms with Gasteiger partial charge in [-0.05, 0) is 47.4 Å². The zero-order chi connectivity index (χ0) is 23.8. The summed E-state index contributed by atoms with van der Waals surface area (Å²) in [4.78, 5) is 23.6. The van der Waals surface area contributed by atoms with Crippen LogP contribution >= 0.6 is 0 Å². The summed E-state index contributed by atoms with van der Waals surface area (Å²) in [6.07, 6.45) is 7.99. The number of anilines is 1. The van der Waals surface area contributed by atoms with Crippen LogP contribution in [0.5, 0.6) is 0 Å². The average molecular weight is 445 g/mol. The Balaban J connectivity index is 1.78. The molecule has 4 rings (SSSR count). The van der Waals surface area contributed by atoms with Gasteiger partial charge in [-0.3, -0.25) is 9.79 Å². The molecule has 0 atom stereocenters. The minimum absolute atomic E-state index is 0.0918. The van der Waals surface area contributed by atoms with Gasteiger partial charge in [0.15, 0.2) is 5.78 Å². The molecule has 3 aliphatic rings. The summed E-state index contributed by atoms with van der Waals surface area (Å²) < 4.78 is 0. The highest BCUT2D eigenvalue weighted by atomic mass is 16.1. The van der Waals surface area contributed by atoms with Crippen LogP contribution in [0.25, 0.3) is 0 Å². The first kappa shape index (κ1) is 23.2. The SMILES string of the molecule is C=CC(C=CC1=C2C(=O)c3cc(CC)c(N4CCN(CC)CC4)cc3C(C)(C)C2=NC1)=CN. The number of likely N-dealkylation sites (N-methyl/N-ethyl adjacent to an activating group) is 1. The molecule has 0 bridgehead atoms. The molecule has 2 heterocycles. The number of hydrogen-bond acceptors (Lipinski definition) is 5. The monoisotopic (exact) mass is 444 g/mol. The summed E-state index contributed by atoms with van der Waals surface area (Å²) in [5, 5.41) is 0. The van der Waals surface area contributed by atoms with Gasteiger partial charge < -0.3 is 15.5 Å². The molecule has 1 fully saturated rings. The molecule has 0 radical (unpaired) electrons. The Hall–Kier alpha value is -2.92. The predicted octanol–water partition coefficient (Wildman–Crippen LogP) is 4.20. The first-order chi connectivity index (χ1) is 15.8. The third-order valence-corrected chi connectivity index (χ3v) is 7.37. The number of Topliss-reactive ketones (excluding diaryl/α,β-unsaturated/α-hetero) is 1. The summed E-state index contributed by atoms with van der Waals surface area (Å²) in [7, 11) is 0. The lowest BCUT2D eigenvalue weighted by atomic mass is 9.67. The molecule has 1 aliphatic carbocycles. The summed E-state index contributed by atoms with van der Waals surface area (Å²) in [5.74, 6) is 0.0918. The Morgan fingerprint density at radius 1 is 1.21 bits per heavy atom. The Kier molecular flexibility index (Phi) is 6.44. The van der Waals surface area contributed by atoms with Gasteiger partial charge in [-0.25, -0.2) is 0 Å². The van der Waals surface area contributed by atoms with E-state index in [9.17, 15) is 4.79 Å². The van der Waals surface area contributed by atoms with Crippen LogP contribution in [0.2, 0.25) is 0 Å². The van der Waals surface area contributed by atoms with Gasteiger partial charge in [-0.2, -0.15) is 0 Å². The molecule has 1 saturated heterocycles. The number of nitrogens with two attached hydrogens (primary N) is 1. The van der Waals surface area contributed by atoms with E-state index in [1.165, 1.54) is 17.5 Å². The average Bonchev–Trinajstić information content (AvgIpc) is 3.28. The first-order valence-electron chi connectivity index (χ1n) is 12.1. The number of hydrogen-bond donors (Lipinski definition) is 1. The van der Waals surface area contributed by atoms with Gasteiger partial charge in [-0.1, -0.05) is 52.5 Å². The van der Waals surface area contributed by atoms with Crippen molar-refractivity contribution in [2.24, 2.45) is 10.7 Å². The van der Waals surface area contributed by atoms with E-state index in [2.05, 4.69) is 56.2 Å². The van der Waals surface area contributed by atoms with E-state index in [-0.39, 0.29) is 11.2 Å². The van der Waals surface area contributed by atoms with Crippen LogP contribution in [0.4, 0.5) is 5.69 Å². The lowest BCUT2D eigenvalue weighted by Gasteiger charge is -2.39. The van der Waals surface area contributed by atoms with Gasteiger partial charge in [0, 0.05) is 54.6 Å². The van der Waals surface area contributed by atoms with Crippen molar-refractivity contribution < 1.29 is 4.79 Å². The maximum atomic E-state index is 13.8. The zero-order valence-electron chi connectivity index (χ0n) is 20.4. The fourth-order valence-electron chi connectivity index (χ4n) is 5.25. The second kappa shape index (κ2) is 9.14. The number of carbonyl (C=O) groups excluding carboxylic acids is 1. The van der Waals surface area contributed by atoms with Crippen LogP contribution in [-0.4, -0.2) is 55.7 Å². The number of allylic oxidation sites excluding steroid dienone is 4. The van der Waals surface area contributed by atoms with Gasteiger partial charge in [0.1, 0.15) is 0 Å². The van der Waals surface area contributed by atoms with Crippen molar-refractivity contribution in [2.75, 3.05) is 44.2 Å². The molecule has 1 aromatic rings. The van der Waals surface area contributed by atoms with E-state index >= 15 is 0 Å². The third-order valence-electron chi connectivity index (χ3n) is 7.37. The van der Waals surface area contributed by atoms with E-state index in [4.69, 9.17) is 10.7 Å². The number of benzene rings is 1. The molecule has 0 amide bonds. The highest BCUT2D eigenvalue weighted by molar-refractivity contribution is 6.35. The lowest BCUT2D eigenvalue weighted by Crippen LogP contribution is -2.47. The standard InChI is InChI=1S/C28H36N4O/c1-6-19(17-29)9-10-21-18-30-27-25(21)26(33)22-15-20(7-2)24(16-23(22)28(27,4)5)32-13-11-31(8-3)12-14-32/h6,9-10,15-17H,1,7-8,11-14,18,29H2,2-5H3. The smallest absolute Gasteiger partial charge is 0.195 e. The molecule has 174 valence electrons. The van der Waals surface area contributed by atoms with E-state index in [0.29, 0.717) is 6.54 Å². The molecule has 0 aromatic heterocycles. The van der Waals surface area contributed by atoms with Crippen molar-refractivity contribution in [1.29, 1.82) is 0 Å². The van der Waals surface area contributed by atoms with Crippen LogP contribution in [0, 0.1) is 0 Å². The van der Waals surface area contributed by atoms with Gasteiger partial charge in [-0.15, -0.1) is 0 Å². The largest absolute Gasteiger partial charge is 0.404 e. The van der Waals surface area contributed by atoms with Crippen LogP contribution in [-0.2, 0) is 11.8 Å². The van der Waals surface area contributed by atoms with Crippen molar-refractivity contribution in [2.45, 2.75) is 39.5 Å². The molecule has 2 aliphatic heterocycles. The minimum atomic E-state index is -0.328. The number of aliphatic imine (C=N–C) groups is 1. The summed E-state index contributed by atoms with van der Waals surface area (Å²) in [5.41, 5.74) is 13.2. The highest BCUT2D eigenvalue weighted by Gasteiger charge is 2.44. The topological polar surface area (TPSA) is 61.9 Å². The molecule has 0 spiro atoms. The molecule has 0 unspecified atom stereocenters. The van der Waals surface area contributed by atoms with Gasteiger partial charge in [0.05, 0.1) is 12.3 Å². The quantitative estimate of drug-likeness (QED) is 0.668. The maximum Gasteiger partial charge on any atom is 0.195 e. The van der Waals surface area contributed by atoms with Crippen molar-refractivity contribution in [1.82, 2.24) is 4.90 Å². The molecular weight excluding hydrogens is 408 g/mol. The summed E-state index contributed by atoms with van der Waals surface area (Å²) in [6, 6.07) is 4.44. The van der Waals surface area contributed by atoms with Crippen LogP contribution in [0.1, 0.15) is 49.2 Å². The minimum Gasteiger partial charge on any atom is -0.404 e. The number of nitrogens with zero attached hydrogens (tertiary/aromatic N) is 3. The molecule has 0 saturated carbocycles. The molecule has 2 N–H and O–H groups in total. The zero-order valence-corrected chi connectivity index (χ0v) is 20.4. The molecule has 1 aromatic carbocycles. The molecule has 5 heteroatoms. The fraction of sp³-hybridized carbons (Fsp3) is 0.429. The second-order valence-corrected chi connectivity index (χ2v) is 9.52. The molecular formula is C28H36N4O. The third kappa shape index (κ3) is 3.99. The highest BCUT2D eigenvalue weighted by Crippen LogP contribution is 2.43. The van der Waals surface area contributed by atoms with Gasteiger partial charge in [0.2, 0.25) is 0 Å². The van der Waals surface area contributed by atoms with Crippen LogP contribution < -0.4 is 10.6 Å². The van der Waals surface area contributed by atoms with Crippen molar-refractivity contribution in [3.05, 3.63) is 76.5 Å². The van der Waals surface area contributed by atoms with E-state index in [0.717, 1.165) is 72.7 Å². The number of aryl methyl sites for hydroxylation is 1. The predicted molar refractivity (Wildman–Crippen MR) is 138 cm³/mol. The van der Waals surface area contributed by atoms with Gasteiger partial charge in [0.25, 0.3) is 0 Å². The number of fused-ring (bicyclic) bond motifs is 2. The first-order valence-corrected chi connectivity index (χ1v) is 12.1. The molecule has 33 heavy (non-hydrogen) atoms.